The lowest BCUT2D eigenvalue weighted by molar-refractivity contribution is -0.133. The topological polar surface area (TPSA) is 107 Å². The normalized spacial score (nSPS) is 11.4. The van der Waals surface area contributed by atoms with Gasteiger partial charge in [0.15, 0.2) is 17.7 Å². The van der Waals surface area contributed by atoms with Crippen LogP contribution in [0.3, 0.4) is 0 Å². The fraction of sp³-hybridized carbons (Fsp3) is 0.333. The minimum atomic E-state index is -1.49. The van der Waals surface area contributed by atoms with E-state index in [-0.39, 0.29) is 50.4 Å². The van der Waals surface area contributed by atoms with E-state index in [1.165, 1.54) is 7.11 Å². The molecule has 2 aromatic rings. The van der Waals surface area contributed by atoms with Crippen molar-refractivity contribution >= 4 is 24.1 Å². The number of carbonyl (C=O) groups excluding carboxylic acids is 1. The molecule has 31 heavy (non-hydrogen) atoms. The number of nitrogens with one attached hydrogen (secondary N) is 2. The Morgan fingerprint density at radius 2 is 1.84 bits per heavy atom. The van der Waals surface area contributed by atoms with Gasteiger partial charge in [0, 0.05) is 25.8 Å². The molecule has 0 saturated carbocycles. The highest BCUT2D eigenvalue weighted by molar-refractivity contribution is 5.94. The van der Waals surface area contributed by atoms with Gasteiger partial charge >= 0.3 is 0 Å². The number of nitrogens with two attached hydrogens (primary N) is 1. The third kappa shape index (κ3) is 7.16. The van der Waals surface area contributed by atoms with Crippen molar-refractivity contribution in [3.63, 3.8) is 0 Å². The number of carbonyl (C=O) groups is 1. The van der Waals surface area contributed by atoms with Gasteiger partial charge in [-0.25, -0.2) is 8.78 Å². The van der Waals surface area contributed by atoms with Crippen molar-refractivity contribution in [1.29, 1.82) is 5.41 Å². The Morgan fingerprint density at radius 1 is 1.16 bits per heavy atom. The van der Waals surface area contributed by atoms with Crippen molar-refractivity contribution in [2.24, 2.45) is 5.73 Å². The molecule has 170 valence electrons. The minimum Gasteiger partial charge on any atom is -0.488 e. The summed E-state index contributed by atoms with van der Waals surface area (Å²) >= 11 is 0. The van der Waals surface area contributed by atoms with Crippen molar-refractivity contribution in [2.75, 3.05) is 26.9 Å². The summed E-state index contributed by atoms with van der Waals surface area (Å²) in [7, 11) is 1.47. The van der Waals surface area contributed by atoms with Gasteiger partial charge in [-0.15, -0.1) is 12.4 Å². The fourth-order valence-electron chi connectivity index (χ4n) is 2.68. The smallest absolute Gasteiger partial charge is 0.254 e. The van der Waals surface area contributed by atoms with E-state index in [1.54, 1.807) is 31.2 Å². The first-order chi connectivity index (χ1) is 14.4. The Hall–Kier alpha value is -2.75. The summed E-state index contributed by atoms with van der Waals surface area (Å²) in [5, 5.41) is 10.0. The van der Waals surface area contributed by atoms with Crippen LogP contribution >= 0.6 is 12.4 Å². The van der Waals surface area contributed by atoms with Gasteiger partial charge in [-0.3, -0.25) is 10.2 Å². The van der Waals surface area contributed by atoms with Gasteiger partial charge in [0.2, 0.25) is 0 Å². The molecule has 2 aromatic carbocycles. The van der Waals surface area contributed by atoms with E-state index >= 15 is 0 Å². The van der Waals surface area contributed by atoms with Crippen LogP contribution < -0.4 is 15.8 Å². The molecule has 1 amide bonds. The van der Waals surface area contributed by atoms with Crippen LogP contribution in [0, 0.1) is 17.0 Å². The molecule has 0 bridgehead atoms. The van der Waals surface area contributed by atoms with Gasteiger partial charge in [-0.1, -0.05) is 24.3 Å². The highest BCUT2D eigenvalue weighted by Crippen LogP contribution is 2.30. The Bertz CT molecular complexity index is 882. The number of ether oxygens (including phenoxy) is 3. The largest absolute Gasteiger partial charge is 0.488 e. The molecule has 1 atom stereocenters. The van der Waals surface area contributed by atoms with Gasteiger partial charge in [0.1, 0.15) is 18.3 Å². The molecule has 0 aromatic heterocycles. The quantitative estimate of drug-likeness (QED) is 0.273. The van der Waals surface area contributed by atoms with E-state index in [9.17, 15) is 13.6 Å². The first-order valence-electron chi connectivity index (χ1n) is 9.31. The van der Waals surface area contributed by atoms with Crippen LogP contribution in [0.15, 0.2) is 36.4 Å². The number of benzene rings is 2. The van der Waals surface area contributed by atoms with E-state index in [1.807, 2.05) is 0 Å². The maximum atomic E-state index is 14.9. The number of nitrogen functional groups attached to an aromatic ring is 1. The van der Waals surface area contributed by atoms with Crippen LogP contribution in [-0.2, 0) is 20.8 Å². The summed E-state index contributed by atoms with van der Waals surface area (Å²) in [5.74, 6) is -2.86. The number of rotatable bonds is 11. The Labute approximate surface area is 185 Å². The first kappa shape index (κ1) is 26.3. The molecule has 2 rings (SSSR count). The molecule has 0 saturated heterocycles. The lowest BCUT2D eigenvalue weighted by atomic mass is 10.1. The average molecular weight is 458 g/mol. The van der Waals surface area contributed by atoms with Gasteiger partial charge in [-0.2, -0.15) is 0 Å². The summed E-state index contributed by atoms with van der Waals surface area (Å²) in [6.07, 6.45) is -1.49. The van der Waals surface area contributed by atoms with Crippen LogP contribution in [0.2, 0.25) is 0 Å². The van der Waals surface area contributed by atoms with Crippen molar-refractivity contribution in [2.45, 2.75) is 19.6 Å². The number of halogens is 3. The number of methoxy groups -OCH3 is 1. The van der Waals surface area contributed by atoms with E-state index < -0.39 is 29.2 Å². The molecular weight excluding hydrogens is 432 g/mol. The molecule has 0 aliphatic heterocycles. The second-order valence-corrected chi connectivity index (χ2v) is 6.28. The van der Waals surface area contributed by atoms with Gasteiger partial charge in [0.05, 0.1) is 12.2 Å². The molecule has 0 fully saturated rings. The van der Waals surface area contributed by atoms with Crippen LogP contribution in [0.4, 0.5) is 8.78 Å². The van der Waals surface area contributed by atoms with E-state index in [0.29, 0.717) is 5.56 Å². The van der Waals surface area contributed by atoms with E-state index in [2.05, 4.69) is 5.32 Å². The summed E-state index contributed by atoms with van der Waals surface area (Å²) in [6, 6.07) is 8.85. The van der Waals surface area contributed by atoms with Crippen molar-refractivity contribution in [1.82, 2.24) is 5.32 Å². The third-order valence-corrected chi connectivity index (χ3v) is 4.20. The molecule has 4 N–H and O–H groups in total. The molecule has 0 spiro atoms. The zero-order valence-electron chi connectivity index (χ0n) is 17.2. The van der Waals surface area contributed by atoms with Gasteiger partial charge < -0.3 is 25.3 Å². The predicted octanol–water partition coefficient (Wildman–Crippen LogP) is 3.09. The molecule has 0 aliphatic rings. The molecule has 0 radical (unpaired) electrons. The fourth-order valence-corrected chi connectivity index (χ4v) is 2.68. The van der Waals surface area contributed by atoms with Crippen molar-refractivity contribution in [3.8, 4) is 5.75 Å². The molecule has 1 unspecified atom stereocenters. The van der Waals surface area contributed by atoms with Crippen molar-refractivity contribution < 1.29 is 27.8 Å². The van der Waals surface area contributed by atoms with E-state index in [0.717, 1.165) is 17.7 Å². The number of amides is 1. The number of hydrogen-bond acceptors (Lipinski definition) is 5. The summed E-state index contributed by atoms with van der Waals surface area (Å²) < 4.78 is 44.8. The molecule has 0 heterocycles. The summed E-state index contributed by atoms with van der Waals surface area (Å²) in [6.45, 7) is 2.09. The van der Waals surface area contributed by atoms with Gasteiger partial charge in [0.25, 0.3) is 5.91 Å². The SMILES string of the molecule is CCOC(C(=O)NCc1ccc(C(=N)N)cc1)c1c(F)ccc(OCCOC)c1F.Cl. The van der Waals surface area contributed by atoms with Crippen molar-refractivity contribution in [3.05, 3.63) is 64.7 Å². The monoisotopic (exact) mass is 457 g/mol. The molecule has 10 heteroatoms. The second-order valence-electron chi connectivity index (χ2n) is 6.28. The summed E-state index contributed by atoms with van der Waals surface area (Å²) in [4.78, 5) is 12.7. The van der Waals surface area contributed by atoms with Crippen LogP contribution in [0.25, 0.3) is 0 Å². The van der Waals surface area contributed by atoms with Crippen LogP contribution in [0.1, 0.15) is 29.7 Å². The lowest BCUT2D eigenvalue weighted by Crippen LogP contribution is -2.32. The molecular formula is C21H26ClF2N3O4. The number of hydrogen-bond donors (Lipinski definition) is 3. The summed E-state index contributed by atoms with van der Waals surface area (Å²) in [5.41, 5.74) is 6.16. The highest BCUT2D eigenvalue weighted by atomic mass is 35.5. The Balaban J connectivity index is 0.00000480. The third-order valence-electron chi connectivity index (χ3n) is 4.20. The highest BCUT2D eigenvalue weighted by Gasteiger charge is 2.29. The van der Waals surface area contributed by atoms with Crippen LogP contribution in [-0.4, -0.2) is 38.7 Å². The maximum Gasteiger partial charge on any atom is 0.254 e. The lowest BCUT2D eigenvalue weighted by Gasteiger charge is -2.20. The minimum absolute atomic E-state index is 0. The zero-order chi connectivity index (χ0) is 22.1. The molecule has 0 aliphatic carbocycles. The van der Waals surface area contributed by atoms with Crippen LogP contribution in [0.5, 0.6) is 5.75 Å². The predicted molar refractivity (Wildman–Crippen MR) is 115 cm³/mol. The average Bonchev–Trinajstić information content (AvgIpc) is 2.73. The van der Waals surface area contributed by atoms with E-state index in [4.69, 9.17) is 25.4 Å². The zero-order valence-corrected chi connectivity index (χ0v) is 18.1. The van der Waals surface area contributed by atoms with Gasteiger partial charge in [-0.05, 0) is 24.6 Å². The molecule has 7 nitrogen and oxygen atoms in total. The Kier molecular flexibility index (Phi) is 10.9. The Morgan fingerprint density at radius 3 is 2.42 bits per heavy atom. The second kappa shape index (κ2) is 12.8. The standard InChI is InChI=1S/C21H25F2N3O4.ClH/c1-3-29-19(17-15(22)8-9-16(18(17)23)30-11-10-28-2)21(27)26-12-13-4-6-14(7-5-13)20(24)25;/h4-9,19H,3,10-12H2,1-2H3,(H3,24,25)(H,26,27);1H. The first-order valence-corrected chi connectivity index (χ1v) is 9.31. The maximum absolute atomic E-state index is 14.9. The number of amidine groups is 1.